The van der Waals surface area contributed by atoms with Gasteiger partial charge in [-0.1, -0.05) is 6.92 Å². The Morgan fingerprint density at radius 3 is 2.43 bits per heavy atom. The van der Waals surface area contributed by atoms with E-state index in [1.54, 1.807) is 13.8 Å². The molecule has 0 aliphatic carbocycles. The Hall–Kier alpha value is -1.35. The Kier molecular flexibility index (Phi) is 5.97. The molecule has 1 rings (SSSR count). The fraction of sp³-hybridized carbons (Fsp3) is 0.583. The molecule has 1 aromatic rings. The summed E-state index contributed by atoms with van der Waals surface area (Å²) < 4.78 is 62.7. The number of sulfonamides is 1. The highest BCUT2D eigenvalue weighted by Crippen LogP contribution is 2.28. The zero-order chi connectivity index (χ0) is 16.1. The molecule has 21 heavy (non-hydrogen) atoms. The minimum absolute atomic E-state index is 0.134. The van der Waals surface area contributed by atoms with Gasteiger partial charge >= 0.3 is 6.18 Å². The van der Waals surface area contributed by atoms with Crippen LogP contribution in [-0.4, -0.2) is 31.7 Å². The molecule has 0 saturated heterocycles. The number of pyridine rings is 1. The molecule has 0 radical (unpaired) electrons. The molecule has 0 aliphatic rings. The summed E-state index contributed by atoms with van der Waals surface area (Å²) in [6, 6.07) is 2.12. The van der Waals surface area contributed by atoms with Crippen LogP contribution in [0.15, 0.2) is 18.3 Å². The summed E-state index contributed by atoms with van der Waals surface area (Å²) in [7, 11) is -3.35. The number of nitrogens with zero attached hydrogens (tertiary/aromatic N) is 1. The van der Waals surface area contributed by atoms with Gasteiger partial charge in [-0.2, -0.15) is 13.2 Å². The van der Waals surface area contributed by atoms with Gasteiger partial charge in [0.15, 0.2) is 0 Å². The quantitative estimate of drug-likeness (QED) is 0.754. The zero-order valence-electron chi connectivity index (χ0n) is 11.7. The molecular weight excluding hydrogens is 307 g/mol. The Bertz CT molecular complexity index is 544. The van der Waals surface area contributed by atoms with Crippen LogP contribution in [0, 0.1) is 0 Å². The molecule has 120 valence electrons. The van der Waals surface area contributed by atoms with E-state index in [9.17, 15) is 21.6 Å². The van der Waals surface area contributed by atoms with E-state index in [4.69, 9.17) is 0 Å². The SMILES string of the molecule is CCC(C)S(=O)(=O)NCCNc1ccc(C(F)(F)F)cn1. The van der Waals surface area contributed by atoms with Crippen LogP contribution in [0.1, 0.15) is 25.8 Å². The molecule has 1 heterocycles. The smallest absolute Gasteiger partial charge is 0.369 e. The van der Waals surface area contributed by atoms with Gasteiger partial charge in [-0.15, -0.1) is 0 Å². The predicted molar refractivity (Wildman–Crippen MR) is 74.4 cm³/mol. The number of anilines is 1. The third-order valence-electron chi connectivity index (χ3n) is 2.93. The molecule has 0 saturated carbocycles. The summed E-state index contributed by atoms with van der Waals surface area (Å²) >= 11 is 0. The standard InChI is InChI=1S/C12H18F3N3O2S/c1-3-9(2)21(19,20)18-7-6-16-11-5-4-10(8-17-11)12(13,14)15/h4-5,8-9,18H,3,6-7H2,1-2H3,(H,16,17). The summed E-state index contributed by atoms with van der Waals surface area (Å²) in [5.74, 6) is 0.255. The van der Waals surface area contributed by atoms with Gasteiger partial charge in [0.05, 0.1) is 10.8 Å². The lowest BCUT2D eigenvalue weighted by molar-refractivity contribution is -0.137. The molecule has 0 spiro atoms. The summed E-state index contributed by atoms with van der Waals surface area (Å²) in [5.41, 5.74) is -0.828. The molecule has 2 N–H and O–H groups in total. The van der Waals surface area contributed by atoms with E-state index in [1.165, 1.54) is 6.07 Å². The Morgan fingerprint density at radius 2 is 1.95 bits per heavy atom. The van der Waals surface area contributed by atoms with Gasteiger partial charge in [0.1, 0.15) is 5.82 Å². The molecule has 5 nitrogen and oxygen atoms in total. The highest BCUT2D eigenvalue weighted by atomic mass is 32.2. The van der Waals surface area contributed by atoms with Crippen molar-refractivity contribution >= 4 is 15.8 Å². The molecule has 0 amide bonds. The van der Waals surface area contributed by atoms with Crippen LogP contribution in [-0.2, 0) is 16.2 Å². The van der Waals surface area contributed by atoms with Crippen LogP contribution in [0.2, 0.25) is 0 Å². The minimum atomic E-state index is -4.42. The second-order valence-electron chi connectivity index (χ2n) is 4.51. The lowest BCUT2D eigenvalue weighted by Crippen LogP contribution is -2.35. The van der Waals surface area contributed by atoms with Crippen molar-refractivity contribution in [3.63, 3.8) is 0 Å². The second-order valence-corrected chi connectivity index (χ2v) is 6.70. The predicted octanol–water partition coefficient (Wildman–Crippen LogP) is 2.23. The van der Waals surface area contributed by atoms with Gasteiger partial charge in [-0.3, -0.25) is 0 Å². The van der Waals surface area contributed by atoms with Crippen LogP contribution >= 0.6 is 0 Å². The van der Waals surface area contributed by atoms with Crippen molar-refractivity contribution in [2.75, 3.05) is 18.4 Å². The van der Waals surface area contributed by atoms with Crippen LogP contribution in [0.3, 0.4) is 0 Å². The van der Waals surface area contributed by atoms with E-state index in [0.29, 0.717) is 6.42 Å². The van der Waals surface area contributed by atoms with Crippen molar-refractivity contribution in [1.82, 2.24) is 9.71 Å². The molecule has 1 aromatic heterocycles. The zero-order valence-corrected chi connectivity index (χ0v) is 12.6. The van der Waals surface area contributed by atoms with Gasteiger partial charge in [0.25, 0.3) is 0 Å². The van der Waals surface area contributed by atoms with E-state index < -0.39 is 27.0 Å². The van der Waals surface area contributed by atoms with Crippen LogP contribution in [0.4, 0.5) is 19.0 Å². The first-order valence-electron chi connectivity index (χ1n) is 6.42. The van der Waals surface area contributed by atoms with Gasteiger partial charge < -0.3 is 5.32 Å². The van der Waals surface area contributed by atoms with Gasteiger partial charge in [-0.05, 0) is 25.5 Å². The van der Waals surface area contributed by atoms with E-state index in [1.807, 2.05) is 0 Å². The maximum Gasteiger partial charge on any atom is 0.417 e. The number of rotatable bonds is 7. The van der Waals surface area contributed by atoms with Gasteiger partial charge in [0.2, 0.25) is 10.0 Å². The maximum absolute atomic E-state index is 12.3. The summed E-state index contributed by atoms with van der Waals surface area (Å²) in [4.78, 5) is 3.62. The average molecular weight is 325 g/mol. The maximum atomic E-state index is 12.3. The third-order valence-corrected chi connectivity index (χ3v) is 4.93. The highest BCUT2D eigenvalue weighted by Gasteiger charge is 2.30. The van der Waals surface area contributed by atoms with Crippen molar-refractivity contribution in [3.8, 4) is 0 Å². The van der Waals surface area contributed by atoms with Crippen molar-refractivity contribution < 1.29 is 21.6 Å². The molecule has 0 bridgehead atoms. The van der Waals surface area contributed by atoms with E-state index in [-0.39, 0.29) is 18.9 Å². The fourth-order valence-corrected chi connectivity index (χ4v) is 2.52. The molecule has 9 heteroatoms. The minimum Gasteiger partial charge on any atom is -0.369 e. The van der Waals surface area contributed by atoms with Gasteiger partial charge in [-0.25, -0.2) is 18.1 Å². The monoisotopic (exact) mass is 325 g/mol. The Labute approximate surface area is 122 Å². The number of hydrogen-bond acceptors (Lipinski definition) is 4. The number of aromatic nitrogens is 1. The van der Waals surface area contributed by atoms with Gasteiger partial charge in [0, 0.05) is 19.3 Å². The lowest BCUT2D eigenvalue weighted by Gasteiger charge is -2.12. The Morgan fingerprint density at radius 1 is 1.29 bits per heavy atom. The highest BCUT2D eigenvalue weighted by molar-refractivity contribution is 7.90. The first kappa shape index (κ1) is 17.7. The molecular formula is C12H18F3N3O2S. The topological polar surface area (TPSA) is 71.1 Å². The van der Waals surface area contributed by atoms with Crippen molar-refractivity contribution in [2.45, 2.75) is 31.7 Å². The first-order chi connectivity index (χ1) is 9.66. The first-order valence-corrected chi connectivity index (χ1v) is 7.97. The van der Waals surface area contributed by atoms with Crippen molar-refractivity contribution in [1.29, 1.82) is 0 Å². The number of alkyl halides is 3. The van der Waals surface area contributed by atoms with E-state index in [0.717, 1.165) is 12.3 Å². The van der Waals surface area contributed by atoms with Crippen molar-refractivity contribution in [2.24, 2.45) is 0 Å². The molecule has 1 atom stereocenters. The molecule has 0 aromatic carbocycles. The molecule has 0 aliphatic heterocycles. The van der Waals surface area contributed by atoms with E-state index >= 15 is 0 Å². The third kappa shape index (κ3) is 5.50. The van der Waals surface area contributed by atoms with Crippen LogP contribution in [0.25, 0.3) is 0 Å². The summed E-state index contributed by atoms with van der Waals surface area (Å²) in [6.07, 6.45) is -3.19. The fourth-order valence-electron chi connectivity index (χ4n) is 1.41. The summed E-state index contributed by atoms with van der Waals surface area (Å²) in [6.45, 7) is 3.74. The number of halogens is 3. The molecule has 0 fully saturated rings. The van der Waals surface area contributed by atoms with Crippen LogP contribution < -0.4 is 10.0 Å². The van der Waals surface area contributed by atoms with Crippen LogP contribution in [0.5, 0.6) is 0 Å². The second kappa shape index (κ2) is 7.08. The van der Waals surface area contributed by atoms with E-state index in [2.05, 4.69) is 15.0 Å². The number of hydrogen-bond donors (Lipinski definition) is 2. The lowest BCUT2D eigenvalue weighted by atomic mass is 10.3. The largest absolute Gasteiger partial charge is 0.417 e. The molecule has 1 unspecified atom stereocenters. The summed E-state index contributed by atoms with van der Waals surface area (Å²) in [5, 5.41) is 2.26. The van der Waals surface area contributed by atoms with Crippen molar-refractivity contribution in [3.05, 3.63) is 23.9 Å². The normalized spacial score (nSPS) is 14.0. The Balaban J connectivity index is 2.44. The average Bonchev–Trinajstić information content (AvgIpc) is 2.42. The number of nitrogens with one attached hydrogen (secondary N) is 2.